The van der Waals surface area contributed by atoms with E-state index in [0.29, 0.717) is 37.0 Å². The van der Waals surface area contributed by atoms with E-state index in [2.05, 4.69) is 31.9 Å². The Balaban J connectivity index is 1.39. The Bertz CT molecular complexity index is 830. The minimum absolute atomic E-state index is 0.183. The van der Waals surface area contributed by atoms with Gasteiger partial charge in [0.15, 0.2) is 0 Å². The van der Waals surface area contributed by atoms with Crippen LogP contribution in [0.1, 0.15) is 57.0 Å². The van der Waals surface area contributed by atoms with Crippen LogP contribution >= 0.6 is 0 Å². The molecule has 4 rings (SSSR count). The molecule has 0 unspecified atom stereocenters. The Labute approximate surface area is 171 Å². The zero-order valence-corrected chi connectivity index (χ0v) is 17.4. The number of likely N-dealkylation sites (tertiary alicyclic amines) is 2. The second-order valence-electron chi connectivity index (χ2n) is 8.09. The van der Waals surface area contributed by atoms with Crippen LogP contribution in [0.15, 0.2) is 17.0 Å². The first-order chi connectivity index (χ1) is 14.2. The molecule has 0 aromatic carbocycles. The van der Waals surface area contributed by atoms with Crippen LogP contribution in [0.2, 0.25) is 0 Å². The van der Waals surface area contributed by atoms with Crippen molar-refractivity contribution in [1.82, 2.24) is 29.9 Å². The van der Waals surface area contributed by atoms with Crippen molar-refractivity contribution in [2.75, 3.05) is 32.7 Å². The smallest absolute Gasteiger partial charge is 0.226 e. The fourth-order valence-electron chi connectivity index (χ4n) is 4.44. The first-order valence-corrected chi connectivity index (χ1v) is 10.8. The van der Waals surface area contributed by atoms with Crippen molar-refractivity contribution in [2.24, 2.45) is 5.92 Å². The molecule has 0 spiro atoms. The monoisotopic (exact) mass is 398 g/mol. The SMILES string of the molecule is CCc1nc(-c2cncnc2[C@@H]2CCN(C(=O)CC3CCN(CC)CC3)C2)no1. The number of piperidine rings is 1. The van der Waals surface area contributed by atoms with E-state index >= 15 is 0 Å². The summed E-state index contributed by atoms with van der Waals surface area (Å²) in [6.45, 7) is 9.01. The predicted octanol–water partition coefficient (Wildman–Crippen LogP) is 2.53. The van der Waals surface area contributed by atoms with Crippen LogP contribution in [0.4, 0.5) is 0 Å². The van der Waals surface area contributed by atoms with Crippen molar-refractivity contribution >= 4 is 5.91 Å². The molecule has 29 heavy (non-hydrogen) atoms. The maximum Gasteiger partial charge on any atom is 0.226 e. The van der Waals surface area contributed by atoms with Gasteiger partial charge < -0.3 is 14.3 Å². The Morgan fingerprint density at radius 3 is 2.76 bits per heavy atom. The zero-order chi connectivity index (χ0) is 20.2. The van der Waals surface area contributed by atoms with Crippen LogP contribution < -0.4 is 0 Å². The van der Waals surface area contributed by atoms with Crippen molar-refractivity contribution < 1.29 is 9.32 Å². The Morgan fingerprint density at radius 1 is 1.21 bits per heavy atom. The first kappa shape index (κ1) is 19.9. The lowest BCUT2D eigenvalue weighted by Crippen LogP contribution is -2.36. The normalized spacial score (nSPS) is 21.0. The number of amides is 1. The molecule has 1 amide bonds. The second kappa shape index (κ2) is 8.98. The molecule has 156 valence electrons. The number of hydrogen-bond donors (Lipinski definition) is 0. The lowest BCUT2D eigenvalue weighted by Gasteiger charge is -2.31. The van der Waals surface area contributed by atoms with Gasteiger partial charge in [0.1, 0.15) is 6.33 Å². The van der Waals surface area contributed by atoms with Crippen molar-refractivity contribution in [3.8, 4) is 11.4 Å². The van der Waals surface area contributed by atoms with E-state index in [1.165, 1.54) is 0 Å². The quantitative estimate of drug-likeness (QED) is 0.739. The number of hydrogen-bond acceptors (Lipinski definition) is 7. The summed E-state index contributed by atoms with van der Waals surface area (Å²) in [6.07, 6.45) is 7.84. The number of nitrogens with zero attached hydrogens (tertiary/aromatic N) is 6. The number of rotatable bonds is 6. The molecule has 2 aliphatic heterocycles. The van der Waals surface area contributed by atoms with Gasteiger partial charge in [-0.3, -0.25) is 4.79 Å². The van der Waals surface area contributed by atoms with E-state index in [9.17, 15) is 4.79 Å². The van der Waals surface area contributed by atoms with Gasteiger partial charge in [0, 0.05) is 38.0 Å². The summed E-state index contributed by atoms with van der Waals surface area (Å²) < 4.78 is 5.26. The van der Waals surface area contributed by atoms with Crippen molar-refractivity contribution in [3.63, 3.8) is 0 Å². The van der Waals surface area contributed by atoms with Gasteiger partial charge in [0.25, 0.3) is 0 Å². The van der Waals surface area contributed by atoms with Crippen molar-refractivity contribution in [1.29, 1.82) is 0 Å². The predicted molar refractivity (Wildman–Crippen MR) is 108 cm³/mol. The molecule has 8 nitrogen and oxygen atoms in total. The van der Waals surface area contributed by atoms with Crippen LogP contribution in [0.5, 0.6) is 0 Å². The average Bonchev–Trinajstić information content (AvgIpc) is 3.44. The summed E-state index contributed by atoms with van der Waals surface area (Å²) in [5.74, 6) is 2.12. The van der Waals surface area contributed by atoms with Gasteiger partial charge >= 0.3 is 0 Å². The van der Waals surface area contributed by atoms with Gasteiger partial charge in [0.05, 0.1) is 11.3 Å². The summed E-state index contributed by atoms with van der Waals surface area (Å²) in [7, 11) is 0. The zero-order valence-electron chi connectivity index (χ0n) is 17.4. The molecule has 0 radical (unpaired) electrons. The molecule has 2 fully saturated rings. The van der Waals surface area contributed by atoms with Crippen molar-refractivity contribution in [2.45, 2.75) is 51.9 Å². The van der Waals surface area contributed by atoms with Crippen molar-refractivity contribution in [3.05, 3.63) is 24.1 Å². The second-order valence-corrected chi connectivity index (χ2v) is 8.09. The third kappa shape index (κ3) is 4.47. The minimum Gasteiger partial charge on any atom is -0.342 e. The highest BCUT2D eigenvalue weighted by atomic mass is 16.5. The van der Waals surface area contributed by atoms with Crippen LogP contribution in [0.3, 0.4) is 0 Å². The molecule has 0 aliphatic carbocycles. The highest BCUT2D eigenvalue weighted by molar-refractivity contribution is 5.77. The van der Waals surface area contributed by atoms with E-state index in [0.717, 1.165) is 56.7 Å². The molecule has 4 heterocycles. The molecular formula is C21H30N6O2. The van der Waals surface area contributed by atoms with Crippen LogP contribution in [0.25, 0.3) is 11.4 Å². The number of aromatic nitrogens is 4. The maximum atomic E-state index is 12.9. The molecule has 2 aliphatic rings. The van der Waals surface area contributed by atoms with Gasteiger partial charge in [0.2, 0.25) is 17.6 Å². The van der Waals surface area contributed by atoms with Gasteiger partial charge in [-0.2, -0.15) is 4.98 Å². The van der Waals surface area contributed by atoms with Crippen LogP contribution in [-0.2, 0) is 11.2 Å². The summed E-state index contributed by atoms with van der Waals surface area (Å²) in [5.41, 5.74) is 1.72. The van der Waals surface area contributed by atoms with E-state index in [4.69, 9.17) is 4.52 Å². The van der Waals surface area contributed by atoms with E-state index in [1.807, 2.05) is 11.8 Å². The Kier molecular flexibility index (Phi) is 6.18. The van der Waals surface area contributed by atoms with E-state index < -0.39 is 0 Å². The maximum absolute atomic E-state index is 12.9. The van der Waals surface area contributed by atoms with Gasteiger partial charge in [-0.1, -0.05) is 19.0 Å². The molecule has 2 aromatic heterocycles. The highest BCUT2D eigenvalue weighted by Gasteiger charge is 2.32. The lowest BCUT2D eigenvalue weighted by molar-refractivity contribution is -0.131. The summed E-state index contributed by atoms with van der Waals surface area (Å²) >= 11 is 0. The molecule has 1 atom stereocenters. The van der Waals surface area contributed by atoms with E-state index in [-0.39, 0.29) is 11.8 Å². The Morgan fingerprint density at radius 2 is 2.03 bits per heavy atom. The largest absolute Gasteiger partial charge is 0.342 e. The van der Waals surface area contributed by atoms with Gasteiger partial charge in [-0.15, -0.1) is 0 Å². The van der Waals surface area contributed by atoms with Crippen LogP contribution in [-0.4, -0.2) is 68.5 Å². The molecule has 0 N–H and O–H groups in total. The fraction of sp³-hybridized carbons (Fsp3) is 0.667. The topological polar surface area (TPSA) is 88.3 Å². The third-order valence-electron chi connectivity index (χ3n) is 6.30. The summed E-state index contributed by atoms with van der Waals surface area (Å²) in [5, 5.41) is 4.08. The third-order valence-corrected chi connectivity index (χ3v) is 6.30. The molecule has 0 bridgehead atoms. The standard InChI is InChI=1S/C21H30N6O2/c1-3-18-24-21(25-29-18)17-12-22-14-23-20(17)16-7-10-27(13-16)19(28)11-15-5-8-26(4-2)9-6-15/h12,14-16H,3-11,13H2,1-2H3/t16-/m1/s1. The number of carbonyl (C=O) groups excluding carboxylic acids is 1. The molecule has 0 saturated carbocycles. The first-order valence-electron chi connectivity index (χ1n) is 10.8. The Hall–Kier alpha value is -2.35. The van der Waals surface area contributed by atoms with Crippen LogP contribution in [0, 0.1) is 5.92 Å². The summed E-state index contributed by atoms with van der Waals surface area (Å²) in [4.78, 5) is 30.5. The summed E-state index contributed by atoms with van der Waals surface area (Å²) in [6, 6.07) is 0. The minimum atomic E-state index is 0.183. The lowest BCUT2D eigenvalue weighted by atomic mass is 9.93. The fourth-order valence-corrected chi connectivity index (χ4v) is 4.44. The number of carbonyl (C=O) groups is 1. The average molecular weight is 399 g/mol. The molecule has 2 saturated heterocycles. The van der Waals surface area contributed by atoms with E-state index in [1.54, 1.807) is 12.5 Å². The van der Waals surface area contributed by atoms with Gasteiger partial charge in [-0.05, 0) is 44.8 Å². The highest BCUT2D eigenvalue weighted by Crippen LogP contribution is 2.32. The molecule has 8 heteroatoms. The number of aryl methyl sites for hydroxylation is 1. The molecule has 2 aromatic rings. The van der Waals surface area contributed by atoms with Gasteiger partial charge in [-0.25, -0.2) is 9.97 Å². The molecular weight excluding hydrogens is 368 g/mol.